The number of hydrogen-bond acceptors (Lipinski definition) is 7. The Labute approximate surface area is 253 Å². The fraction of sp³-hybridized carbons (Fsp3) is 0.500. The van der Waals surface area contributed by atoms with Crippen LogP contribution in [0.15, 0.2) is 36.5 Å². The topological polar surface area (TPSA) is 87.2 Å². The zero-order valence-corrected chi connectivity index (χ0v) is 24.8. The van der Waals surface area contributed by atoms with Gasteiger partial charge in [0.05, 0.1) is 31.3 Å². The van der Waals surface area contributed by atoms with Gasteiger partial charge in [-0.05, 0) is 62.5 Å². The molecule has 3 aromatic rings. The first-order chi connectivity index (χ1) is 21.2. The Balaban J connectivity index is 1.25. The van der Waals surface area contributed by atoms with Gasteiger partial charge in [0.25, 0.3) is 0 Å². The molecule has 2 N–H and O–H groups in total. The van der Waals surface area contributed by atoms with Crippen molar-refractivity contribution >= 4 is 22.6 Å². The van der Waals surface area contributed by atoms with Crippen molar-refractivity contribution in [2.24, 2.45) is 5.41 Å². The fourth-order valence-electron chi connectivity index (χ4n) is 6.20. The van der Waals surface area contributed by atoms with Crippen LogP contribution in [0.5, 0.6) is 5.75 Å². The third kappa shape index (κ3) is 7.24. The number of anilines is 1. The van der Waals surface area contributed by atoms with Crippen molar-refractivity contribution in [1.29, 1.82) is 0 Å². The lowest BCUT2D eigenvalue weighted by Crippen LogP contribution is -2.45. The molecule has 2 aliphatic heterocycles. The number of nitrogens with one attached hydrogen (secondary N) is 1. The third-order valence-corrected chi connectivity index (χ3v) is 8.89. The van der Waals surface area contributed by atoms with Gasteiger partial charge in [-0.1, -0.05) is 0 Å². The lowest BCUT2D eigenvalue weighted by molar-refractivity contribution is -0.153. The van der Waals surface area contributed by atoms with E-state index in [1.165, 1.54) is 0 Å². The van der Waals surface area contributed by atoms with Crippen molar-refractivity contribution in [2.75, 3.05) is 64.9 Å². The zero-order chi connectivity index (χ0) is 31.3. The van der Waals surface area contributed by atoms with Crippen molar-refractivity contribution in [3.63, 3.8) is 0 Å². The first kappa shape index (κ1) is 31.9. The van der Waals surface area contributed by atoms with Crippen molar-refractivity contribution in [2.45, 2.75) is 38.4 Å². The fourth-order valence-corrected chi connectivity index (χ4v) is 6.20. The molecule has 2 aromatic carbocycles. The predicted octanol–water partition coefficient (Wildman–Crippen LogP) is 5.56. The van der Waals surface area contributed by atoms with E-state index in [0.717, 1.165) is 30.8 Å². The minimum absolute atomic E-state index is 0.0436. The van der Waals surface area contributed by atoms with Gasteiger partial charge in [0.2, 0.25) is 0 Å². The molecule has 0 saturated carbocycles. The van der Waals surface area contributed by atoms with E-state index < -0.39 is 35.0 Å². The number of likely N-dealkylation sites (tertiary alicyclic amines) is 1. The summed E-state index contributed by atoms with van der Waals surface area (Å²) in [7, 11) is 1.56. The molecule has 0 aliphatic carbocycles. The first-order valence-corrected chi connectivity index (χ1v) is 14.9. The molecule has 5 rings (SSSR count). The molecule has 1 atom stereocenters. The van der Waals surface area contributed by atoms with E-state index in [0.29, 0.717) is 81.0 Å². The maximum absolute atomic E-state index is 16.4. The van der Waals surface area contributed by atoms with Crippen molar-refractivity contribution in [3.8, 4) is 5.75 Å². The highest BCUT2D eigenvalue weighted by Gasteiger charge is 2.42. The normalized spacial score (nSPS) is 18.3. The number of piperidine rings is 1. The molecule has 44 heavy (non-hydrogen) atoms. The maximum atomic E-state index is 16.4. The number of halogens is 4. The van der Waals surface area contributed by atoms with Crippen LogP contribution in [0.2, 0.25) is 0 Å². The number of carboxylic acid groups (broad SMARTS) is 1. The number of aromatic nitrogens is 1. The number of fused-ring (bicyclic) bond motifs is 1. The van der Waals surface area contributed by atoms with Crippen LogP contribution in [0.25, 0.3) is 10.9 Å². The van der Waals surface area contributed by atoms with Gasteiger partial charge in [-0.25, -0.2) is 17.6 Å². The first-order valence-electron chi connectivity index (χ1n) is 14.9. The SMILES string of the molecule is COc1ccc2ncc(CN3CCOCC3)c([C@H](F)CCC3(C(=O)O)CCN(CCNc4cc(F)c(F)c(F)c4)CC3)c2c1. The smallest absolute Gasteiger partial charge is 0.309 e. The van der Waals surface area contributed by atoms with Gasteiger partial charge in [0.15, 0.2) is 17.5 Å². The highest BCUT2D eigenvalue weighted by molar-refractivity contribution is 5.85. The average molecular weight is 619 g/mol. The summed E-state index contributed by atoms with van der Waals surface area (Å²) in [5, 5.41) is 13.8. The maximum Gasteiger partial charge on any atom is 0.309 e. The summed E-state index contributed by atoms with van der Waals surface area (Å²) in [4.78, 5) is 21.4. The number of nitrogens with zero attached hydrogens (tertiary/aromatic N) is 3. The van der Waals surface area contributed by atoms with Crippen molar-refractivity contribution < 1.29 is 36.9 Å². The van der Waals surface area contributed by atoms with Crippen LogP contribution in [0.3, 0.4) is 0 Å². The molecule has 8 nitrogen and oxygen atoms in total. The van der Waals surface area contributed by atoms with Crippen LogP contribution < -0.4 is 10.1 Å². The summed E-state index contributed by atoms with van der Waals surface area (Å²) in [6, 6.07) is 7.17. The molecule has 2 fully saturated rings. The number of methoxy groups -OCH3 is 1. The van der Waals surface area contributed by atoms with Gasteiger partial charge in [-0.3, -0.25) is 14.7 Å². The largest absolute Gasteiger partial charge is 0.497 e. The van der Waals surface area contributed by atoms with E-state index in [4.69, 9.17) is 9.47 Å². The Hall–Kier alpha value is -3.48. The molecule has 1 aromatic heterocycles. The number of alkyl halides is 1. The van der Waals surface area contributed by atoms with Gasteiger partial charge >= 0.3 is 5.97 Å². The molecule has 0 radical (unpaired) electrons. The average Bonchev–Trinajstić information content (AvgIpc) is 3.03. The zero-order valence-electron chi connectivity index (χ0n) is 24.8. The van der Waals surface area contributed by atoms with E-state index in [2.05, 4.69) is 20.1 Å². The number of morpholine rings is 1. The Morgan fingerprint density at radius 3 is 2.45 bits per heavy atom. The second-order valence-corrected chi connectivity index (χ2v) is 11.6. The second kappa shape index (κ2) is 14.1. The standard InChI is InChI=1S/C32H38F4N4O4/c1-43-23-2-3-28-24(18-23)29(21(19-38-28)20-40-12-14-44-15-13-40)25(33)4-5-32(31(41)42)6-9-39(10-7-32)11-8-37-22-16-26(34)30(36)27(35)17-22/h2-3,16-19,25,37H,4-15,20H2,1H3,(H,41,42)/t25-/m1/s1. The number of carboxylic acids is 1. The predicted molar refractivity (Wildman–Crippen MR) is 158 cm³/mol. The summed E-state index contributed by atoms with van der Waals surface area (Å²) in [6.45, 7) is 5.00. The lowest BCUT2D eigenvalue weighted by Gasteiger charge is -2.39. The molecule has 0 unspecified atom stereocenters. The highest BCUT2D eigenvalue weighted by Crippen LogP contribution is 2.41. The minimum atomic E-state index is -1.52. The summed E-state index contributed by atoms with van der Waals surface area (Å²) in [6.07, 6.45) is 1.23. The summed E-state index contributed by atoms with van der Waals surface area (Å²) in [5.41, 5.74) is 1.00. The van der Waals surface area contributed by atoms with Crippen LogP contribution in [0, 0.1) is 22.9 Å². The van der Waals surface area contributed by atoms with Crippen LogP contribution in [0.1, 0.15) is 43.0 Å². The van der Waals surface area contributed by atoms with E-state index in [9.17, 15) is 23.1 Å². The third-order valence-electron chi connectivity index (χ3n) is 8.89. The molecule has 2 aliphatic rings. The van der Waals surface area contributed by atoms with Crippen molar-refractivity contribution in [1.82, 2.24) is 14.8 Å². The summed E-state index contributed by atoms with van der Waals surface area (Å²) < 4.78 is 67.5. The lowest BCUT2D eigenvalue weighted by atomic mass is 9.74. The molecule has 0 spiro atoms. The molecular formula is C32H38F4N4O4. The Bertz CT molecular complexity index is 1440. The minimum Gasteiger partial charge on any atom is -0.497 e. The van der Waals surface area contributed by atoms with Crippen LogP contribution in [-0.2, 0) is 16.1 Å². The Kier molecular flexibility index (Phi) is 10.2. The highest BCUT2D eigenvalue weighted by atomic mass is 19.2. The van der Waals surface area contributed by atoms with Gasteiger partial charge in [-0.2, -0.15) is 0 Å². The molecule has 12 heteroatoms. The van der Waals surface area contributed by atoms with Crippen LogP contribution >= 0.6 is 0 Å². The van der Waals surface area contributed by atoms with Gasteiger partial charge < -0.3 is 24.8 Å². The number of carbonyl (C=O) groups is 1. The number of pyridine rings is 1. The molecule has 238 valence electrons. The summed E-state index contributed by atoms with van der Waals surface area (Å²) in [5.74, 6) is -4.40. The van der Waals surface area contributed by atoms with E-state index in [1.54, 1.807) is 31.5 Å². The van der Waals surface area contributed by atoms with E-state index in [-0.39, 0.29) is 18.5 Å². The molecule has 3 heterocycles. The number of rotatable bonds is 12. The summed E-state index contributed by atoms with van der Waals surface area (Å²) >= 11 is 0. The monoisotopic (exact) mass is 618 g/mol. The number of benzene rings is 2. The van der Waals surface area contributed by atoms with E-state index in [1.807, 2.05) is 0 Å². The van der Waals surface area contributed by atoms with Gasteiger partial charge in [-0.15, -0.1) is 0 Å². The molecule has 0 amide bonds. The molecule has 0 bridgehead atoms. The molecular weight excluding hydrogens is 580 g/mol. The number of aliphatic carboxylic acids is 1. The van der Waals surface area contributed by atoms with Gasteiger partial charge in [0.1, 0.15) is 11.9 Å². The second-order valence-electron chi connectivity index (χ2n) is 11.6. The van der Waals surface area contributed by atoms with Crippen molar-refractivity contribution in [3.05, 3.63) is 65.1 Å². The van der Waals surface area contributed by atoms with Crippen LogP contribution in [-0.4, -0.2) is 85.5 Å². The molecule has 2 saturated heterocycles. The Morgan fingerprint density at radius 2 is 1.80 bits per heavy atom. The van der Waals surface area contributed by atoms with Crippen LogP contribution in [0.4, 0.5) is 23.2 Å². The van der Waals surface area contributed by atoms with E-state index >= 15 is 4.39 Å². The van der Waals surface area contributed by atoms with Gasteiger partial charge in [0, 0.05) is 67.7 Å². The quantitative estimate of drug-likeness (QED) is 0.202. The number of hydrogen-bond donors (Lipinski definition) is 2. The Morgan fingerprint density at radius 1 is 1.09 bits per heavy atom. The number of ether oxygens (including phenoxy) is 2.